The zero-order valence-electron chi connectivity index (χ0n) is 33.7. The molecule has 0 aliphatic heterocycles. The molecule has 7 N–H and O–H groups in total. The van der Waals surface area contributed by atoms with Crippen LogP contribution in [0, 0.1) is 0 Å². The molecule has 0 fully saturated rings. The molecule has 0 aromatic rings. The molecule has 0 rings (SSSR count). The molecule has 0 spiro atoms. The van der Waals surface area contributed by atoms with Gasteiger partial charge in [0.1, 0.15) is 25.0 Å². The maximum Gasteiger partial charge on any atom is 0.326 e. The molecule has 0 aliphatic rings. The summed E-state index contributed by atoms with van der Waals surface area (Å²) in [5.41, 5.74) is 0. The first-order valence-electron chi connectivity index (χ1n) is 20.2. The normalized spacial score (nSPS) is 12.0. The van der Waals surface area contributed by atoms with Crippen molar-refractivity contribution in [2.24, 2.45) is 0 Å². The Morgan fingerprint density at radius 1 is 0.491 bits per heavy atom. The molecule has 0 saturated carbocycles. The Morgan fingerprint density at radius 3 is 1.46 bits per heavy atom. The Labute approximate surface area is 351 Å². The topological polar surface area (TPSA) is 257 Å². The Kier molecular flexibility index (Phi) is 36.5. The summed E-state index contributed by atoms with van der Waals surface area (Å²) < 4.78 is 24.2. The number of aliphatic carboxylic acids is 2. The zero-order chi connectivity index (χ0) is 42.4. The van der Waals surface area contributed by atoms with Crippen LogP contribution in [0.15, 0.2) is 0 Å². The summed E-state index contributed by atoms with van der Waals surface area (Å²) >= 11 is 1.97. The molecule has 0 heterocycles. The Hall–Kier alpha value is -2.98. The second-order valence-electron chi connectivity index (χ2n) is 13.6. The van der Waals surface area contributed by atoms with Gasteiger partial charge in [0, 0.05) is 61.8 Å². The highest BCUT2D eigenvalue weighted by molar-refractivity contribution is 14.1. The van der Waals surface area contributed by atoms with Gasteiger partial charge in [0.15, 0.2) is 0 Å². The number of carboxylic acid groups (broad SMARTS) is 2. The number of hydrogen-bond acceptors (Lipinski definition) is 12. The third-order valence-corrected chi connectivity index (χ3v) is 9.30. The lowest BCUT2D eigenvalue weighted by Crippen LogP contribution is -2.41. The van der Waals surface area contributed by atoms with E-state index in [1.165, 1.54) is 0 Å². The SMILES string of the molecule is CC(=O)[C@H](CCCCNC(=O)COCCOCCNC(=O)COCCOCCNC(=O)CCC(NC(=O)CCCCCCCCCCCCC(=O)O)C(=O)O)NI. The Balaban J connectivity index is 3.67. The fourth-order valence-electron chi connectivity index (χ4n) is 5.30. The molecule has 0 aromatic heterocycles. The van der Waals surface area contributed by atoms with Gasteiger partial charge in [0.05, 0.1) is 45.7 Å². The number of unbranched alkanes of at least 4 members (excludes halogenated alkanes) is 10. The fourth-order valence-corrected chi connectivity index (χ4v) is 6.05. The fraction of sp³-hybridized carbons (Fsp3) is 0.816. The van der Waals surface area contributed by atoms with Crippen molar-refractivity contribution in [1.29, 1.82) is 0 Å². The van der Waals surface area contributed by atoms with E-state index >= 15 is 0 Å². The lowest BCUT2D eigenvalue weighted by Gasteiger charge is -2.14. The molecular weight excluding hydrogens is 861 g/mol. The maximum absolute atomic E-state index is 12.3. The second-order valence-corrected chi connectivity index (χ2v) is 14.2. The van der Waals surface area contributed by atoms with Gasteiger partial charge < -0.3 is 50.4 Å². The first-order chi connectivity index (χ1) is 27.5. The minimum atomic E-state index is -1.19. The largest absolute Gasteiger partial charge is 0.481 e. The summed E-state index contributed by atoms with van der Waals surface area (Å²) in [6, 6.07) is -1.32. The van der Waals surface area contributed by atoms with Crippen LogP contribution >= 0.6 is 22.9 Å². The highest BCUT2D eigenvalue weighted by Gasteiger charge is 2.21. The number of rotatable bonds is 41. The van der Waals surface area contributed by atoms with Gasteiger partial charge in [-0.2, -0.15) is 0 Å². The van der Waals surface area contributed by atoms with Crippen molar-refractivity contribution in [2.75, 3.05) is 72.5 Å². The predicted octanol–water partition coefficient (Wildman–Crippen LogP) is 2.58. The van der Waals surface area contributed by atoms with E-state index in [0.717, 1.165) is 77.0 Å². The van der Waals surface area contributed by atoms with Crippen LogP contribution in [0.1, 0.15) is 116 Å². The average Bonchev–Trinajstić information content (AvgIpc) is 3.16. The van der Waals surface area contributed by atoms with Crippen LogP contribution in [0.25, 0.3) is 0 Å². The molecule has 1 unspecified atom stereocenters. The summed E-state index contributed by atoms with van der Waals surface area (Å²) in [6.07, 6.45) is 12.3. The molecule has 2 atom stereocenters. The highest BCUT2D eigenvalue weighted by atomic mass is 127. The summed E-state index contributed by atoms with van der Waals surface area (Å²) in [5.74, 6) is -3.10. The van der Waals surface area contributed by atoms with Crippen LogP contribution < -0.4 is 24.8 Å². The molecule has 0 saturated heterocycles. The standard InChI is InChI=1S/C38H68IN5O13/c1-30(45)31(44-39)14-12-13-19-40-35(48)28-56-26-25-55-23-21-42-36(49)29-57-27-24-54-22-20-41-33(46)18-17-32(38(52)53)43-34(47)15-10-8-6-4-2-3-5-7-9-11-16-37(50)51/h31-32,44H,2-29H2,1H3,(H,40,48)(H,41,46)(H,42,49)(H,43,47)(H,50,51)(H,52,53)/t31-,32?/m0/s1. The third-order valence-electron chi connectivity index (χ3n) is 8.55. The van der Waals surface area contributed by atoms with Gasteiger partial charge in [0.25, 0.3) is 0 Å². The molecule has 0 radical (unpaired) electrons. The molecule has 4 amide bonds. The number of halogens is 1. The van der Waals surface area contributed by atoms with E-state index in [9.17, 15) is 38.7 Å². The van der Waals surface area contributed by atoms with Crippen LogP contribution in [0.4, 0.5) is 0 Å². The van der Waals surface area contributed by atoms with E-state index < -0.39 is 18.0 Å². The predicted molar refractivity (Wildman–Crippen MR) is 220 cm³/mol. The molecule has 0 bridgehead atoms. The van der Waals surface area contributed by atoms with E-state index in [1.807, 2.05) is 22.9 Å². The van der Waals surface area contributed by atoms with Crippen LogP contribution in [-0.2, 0) is 52.5 Å². The summed E-state index contributed by atoms with van der Waals surface area (Å²) in [4.78, 5) is 81.6. The number of ether oxygens (including phenoxy) is 4. The number of nitrogens with one attached hydrogen (secondary N) is 5. The van der Waals surface area contributed by atoms with E-state index in [2.05, 4.69) is 24.8 Å². The van der Waals surface area contributed by atoms with Crippen molar-refractivity contribution in [3.63, 3.8) is 0 Å². The lowest BCUT2D eigenvalue weighted by molar-refractivity contribution is -0.142. The van der Waals surface area contributed by atoms with Crippen molar-refractivity contribution in [3.8, 4) is 0 Å². The number of hydrogen-bond donors (Lipinski definition) is 7. The smallest absolute Gasteiger partial charge is 0.326 e. The number of amides is 4. The molecule has 0 aliphatic carbocycles. The van der Waals surface area contributed by atoms with Crippen molar-refractivity contribution in [3.05, 3.63) is 0 Å². The Bertz CT molecular complexity index is 1130. The van der Waals surface area contributed by atoms with Crippen LogP contribution in [0.2, 0.25) is 0 Å². The summed E-state index contributed by atoms with van der Waals surface area (Å²) in [6.45, 7) is 3.62. The van der Waals surface area contributed by atoms with E-state index in [0.29, 0.717) is 13.0 Å². The van der Waals surface area contributed by atoms with Gasteiger partial charge in [-0.3, -0.25) is 32.3 Å². The van der Waals surface area contributed by atoms with Crippen LogP contribution in [-0.4, -0.2) is 136 Å². The van der Waals surface area contributed by atoms with E-state index in [-0.39, 0.29) is 127 Å². The van der Waals surface area contributed by atoms with E-state index in [1.54, 1.807) is 6.92 Å². The number of carboxylic acids is 2. The minimum Gasteiger partial charge on any atom is -0.481 e. The van der Waals surface area contributed by atoms with Gasteiger partial charge in [-0.15, -0.1) is 0 Å². The highest BCUT2D eigenvalue weighted by Crippen LogP contribution is 2.12. The van der Waals surface area contributed by atoms with Crippen LogP contribution in [0.5, 0.6) is 0 Å². The van der Waals surface area contributed by atoms with E-state index in [4.69, 9.17) is 24.1 Å². The van der Waals surface area contributed by atoms with Crippen molar-refractivity contribution < 1.29 is 62.7 Å². The average molecular weight is 930 g/mol. The molecular formula is C38H68IN5O13. The van der Waals surface area contributed by atoms with Crippen molar-refractivity contribution in [1.82, 2.24) is 24.8 Å². The second kappa shape index (κ2) is 38.5. The Morgan fingerprint density at radius 2 is 0.965 bits per heavy atom. The van der Waals surface area contributed by atoms with Gasteiger partial charge >= 0.3 is 11.9 Å². The van der Waals surface area contributed by atoms with Crippen molar-refractivity contribution in [2.45, 2.75) is 128 Å². The lowest BCUT2D eigenvalue weighted by atomic mass is 10.0. The molecule has 57 heavy (non-hydrogen) atoms. The third kappa shape index (κ3) is 37.1. The van der Waals surface area contributed by atoms with Gasteiger partial charge in [-0.1, -0.05) is 51.4 Å². The van der Waals surface area contributed by atoms with Gasteiger partial charge in [-0.05, 0) is 45.4 Å². The van der Waals surface area contributed by atoms with Crippen molar-refractivity contribution >= 4 is 64.2 Å². The molecule has 330 valence electrons. The molecule has 0 aromatic carbocycles. The monoisotopic (exact) mass is 929 g/mol. The van der Waals surface area contributed by atoms with Gasteiger partial charge in [-0.25, -0.2) is 4.79 Å². The molecule has 18 nitrogen and oxygen atoms in total. The quantitative estimate of drug-likeness (QED) is 0.0265. The first kappa shape index (κ1) is 54.0. The number of ketones is 1. The minimum absolute atomic E-state index is 0.0363. The zero-order valence-corrected chi connectivity index (χ0v) is 35.9. The number of Topliss-reactive ketones (excluding diaryl/α,β-unsaturated/α-hetero) is 1. The first-order valence-corrected chi connectivity index (χ1v) is 21.3. The van der Waals surface area contributed by atoms with Gasteiger partial charge in [0.2, 0.25) is 23.6 Å². The summed E-state index contributed by atoms with van der Waals surface area (Å²) in [5, 5.41) is 28.7. The number of carbonyl (C=O) groups is 7. The number of carbonyl (C=O) groups excluding carboxylic acids is 5. The van der Waals surface area contributed by atoms with Crippen LogP contribution in [0.3, 0.4) is 0 Å². The summed E-state index contributed by atoms with van der Waals surface area (Å²) in [7, 11) is 0. The molecule has 19 heteroatoms. The maximum atomic E-state index is 12.3.